The molecule has 2 N–H and O–H groups in total. The minimum atomic E-state index is 0.0717. The maximum atomic E-state index is 11.9. The van der Waals surface area contributed by atoms with Gasteiger partial charge >= 0.3 is 0 Å². The molecule has 6 nitrogen and oxygen atoms in total. The lowest BCUT2D eigenvalue weighted by Gasteiger charge is -2.04. The Balaban J connectivity index is 0.000000261. The van der Waals surface area contributed by atoms with Crippen molar-refractivity contribution in [2.45, 2.75) is 19.3 Å². The van der Waals surface area contributed by atoms with Crippen LogP contribution in [0.4, 0.5) is 5.69 Å². The second-order valence-corrected chi connectivity index (χ2v) is 6.94. The third-order valence-corrected chi connectivity index (χ3v) is 4.79. The number of benzene rings is 1. The van der Waals surface area contributed by atoms with Gasteiger partial charge in [0.2, 0.25) is 0 Å². The van der Waals surface area contributed by atoms with Crippen LogP contribution in [0.25, 0.3) is 0 Å². The Kier molecular flexibility index (Phi) is 8.86. The highest BCUT2D eigenvalue weighted by Gasteiger charge is 2.12. The zero-order chi connectivity index (χ0) is 20.5. The van der Waals surface area contributed by atoms with Gasteiger partial charge in [0.05, 0.1) is 0 Å². The summed E-state index contributed by atoms with van der Waals surface area (Å²) in [6, 6.07) is 9.86. The summed E-state index contributed by atoms with van der Waals surface area (Å²) in [7, 11) is 0. The van der Waals surface area contributed by atoms with Crippen molar-refractivity contribution in [3.8, 4) is 0 Å². The lowest BCUT2D eigenvalue weighted by atomic mass is 10.0. The molecule has 10 heteroatoms. The smallest absolute Gasteiger partial charge is 0.156 e. The van der Waals surface area contributed by atoms with E-state index in [4.69, 9.17) is 52.1 Å². The maximum absolute atomic E-state index is 11.9. The van der Waals surface area contributed by atoms with E-state index in [-0.39, 0.29) is 38.5 Å². The molecule has 1 aromatic carbocycles. The lowest BCUT2D eigenvalue weighted by molar-refractivity contribution is -0.118. The fraction of sp³-hybridized carbons (Fsp3) is 0.167. The Bertz CT molecular complexity index is 900. The molecule has 0 fully saturated rings. The largest absolute Gasteiger partial charge is 0.394 e. The van der Waals surface area contributed by atoms with Crippen LogP contribution in [0, 0.1) is 0 Å². The number of carbonyl (C=O) groups is 1. The monoisotopic (exact) mass is 457 g/mol. The Hall–Kier alpha value is -1.99. The number of nitrogens with two attached hydrogens (primary N) is 1. The number of anilines is 1. The van der Waals surface area contributed by atoms with Gasteiger partial charge in [-0.1, -0.05) is 76.7 Å². The average molecular weight is 459 g/mol. The fourth-order valence-electron chi connectivity index (χ4n) is 2.09. The van der Waals surface area contributed by atoms with Crippen LogP contribution >= 0.6 is 46.4 Å². The van der Waals surface area contributed by atoms with Crippen molar-refractivity contribution in [2.24, 2.45) is 0 Å². The Morgan fingerprint density at radius 3 is 1.82 bits per heavy atom. The number of hydrogen-bond acceptors (Lipinski definition) is 6. The summed E-state index contributed by atoms with van der Waals surface area (Å²) in [6.07, 6.45) is 3.86. The molecule has 0 aliphatic heterocycles. The summed E-state index contributed by atoms with van der Waals surface area (Å²) in [5.74, 6) is 0.0717. The van der Waals surface area contributed by atoms with E-state index < -0.39 is 0 Å². The van der Waals surface area contributed by atoms with E-state index in [1.54, 1.807) is 0 Å². The Morgan fingerprint density at radius 2 is 1.32 bits per heavy atom. The van der Waals surface area contributed by atoms with Crippen LogP contribution in [0.1, 0.15) is 17.5 Å². The van der Waals surface area contributed by atoms with Crippen molar-refractivity contribution in [3.05, 3.63) is 74.7 Å². The predicted molar refractivity (Wildman–Crippen MR) is 112 cm³/mol. The summed E-state index contributed by atoms with van der Waals surface area (Å²) in [5.41, 5.74) is 7.16. The first-order chi connectivity index (χ1) is 13.4. The number of rotatable bonds is 5. The summed E-state index contributed by atoms with van der Waals surface area (Å²) < 4.78 is 0. The summed E-state index contributed by atoms with van der Waals surface area (Å²) in [6.45, 7) is 0. The number of carbonyl (C=O) groups excluding carboxylic acids is 1. The predicted octanol–water partition coefficient (Wildman–Crippen LogP) is 4.89. The van der Waals surface area contributed by atoms with Crippen LogP contribution in [-0.4, -0.2) is 25.7 Å². The van der Waals surface area contributed by atoms with Gasteiger partial charge < -0.3 is 5.73 Å². The number of hydrogen-bond donors (Lipinski definition) is 1. The number of nitrogen functional groups attached to an aromatic ring is 1. The van der Waals surface area contributed by atoms with Gasteiger partial charge in [0.25, 0.3) is 0 Å². The highest BCUT2D eigenvalue weighted by atomic mass is 35.5. The van der Waals surface area contributed by atoms with Crippen LogP contribution in [0.15, 0.2) is 43.0 Å². The molecule has 0 amide bonds. The van der Waals surface area contributed by atoms with E-state index >= 15 is 0 Å². The average Bonchev–Trinajstić information content (AvgIpc) is 2.69. The van der Waals surface area contributed by atoms with E-state index in [1.807, 2.05) is 30.3 Å². The maximum Gasteiger partial charge on any atom is 0.156 e. The minimum absolute atomic E-state index is 0.0717. The Morgan fingerprint density at radius 1 is 0.821 bits per heavy atom. The topological polar surface area (TPSA) is 94.7 Å². The molecule has 0 bridgehead atoms. The quantitative estimate of drug-likeness (QED) is 0.546. The van der Waals surface area contributed by atoms with Gasteiger partial charge in [0, 0.05) is 18.4 Å². The first kappa shape index (κ1) is 22.3. The van der Waals surface area contributed by atoms with Crippen molar-refractivity contribution in [1.29, 1.82) is 0 Å². The van der Waals surface area contributed by atoms with Crippen molar-refractivity contribution in [2.75, 3.05) is 5.73 Å². The van der Waals surface area contributed by atoms with Crippen molar-refractivity contribution in [3.63, 3.8) is 0 Å². The summed E-state index contributed by atoms with van der Waals surface area (Å²) >= 11 is 22.7. The van der Waals surface area contributed by atoms with Gasteiger partial charge in [0.15, 0.2) is 10.3 Å². The molecule has 0 saturated carbocycles. The number of aryl methyl sites for hydroxylation is 1. The standard InChI is InChI=1S/C14H12Cl2N2O.C4H3Cl2N3/c15-13-12(14(16)18-9-17-13)8-11(19)7-6-10-4-2-1-3-5-10;5-3-2(7)4(6)9-1-8-3/h1-5,9H,6-8H2;1H,7H2. The SMILES string of the molecule is Nc1c(Cl)ncnc1Cl.O=C(CCc1ccccc1)Cc1c(Cl)ncnc1Cl. The van der Waals surface area contributed by atoms with E-state index in [1.165, 1.54) is 12.7 Å². The van der Waals surface area contributed by atoms with Gasteiger partial charge in [-0.15, -0.1) is 0 Å². The van der Waals surface area contributed by atoms with Gasteiger partial charge in [-0.05, 0) is 12.0 Å². The molecule has 0 atom stereocenters. The highest BCUT2D eigenvalue weighted by molar-refractivity contribution is 6.37. The third-order valence-electron chi connectivity index (χ3n) is 3.54. The van der Waals surface area contributed by atoms with E-state index in [0.717, 1.165) is 5.56 Å². The zero-order valence-corrected chi connectivity index (χ0v) is 17.5. The zero-order valence-electron chi connectivity index (χ0n) is 14.4. The molecule has 3 aromatic rings. The lowest BCUT2D eigenvalue weighted by Crippen LogP contribution is -2.06. The molecule has 0 aliphatic carbocycles. The fourth-order valence-corrected chi connectivity index (χ4v) is 2.85. The molecule has 0 radical (unpaired) electrons. The van der Waals surface area contributed by atoms with Crippen molar-refractivity contribution >= 4 is 57.9 Å². The first-order valence-corrected chi connectivity index (χ1v) is 9.51. The van der Waals surface area contributed by atoms with Gasteiger partial charge in [-0.25, -0.2) is 19.9 Å². The second-order valence-electron chi connectivity index (χ2n) is 5.50. The molecule has 0 saturated heterocycles. The third kappa shape index (κ3) is 6.87. The van der Waals surface area contributed by atoms with Gasteiger partial charge in [-0.2, -0.15) is 0 Å². The first-order valence-electron chi connectivity index (χ1n) is 8.00. The number of Topliss-reactive ketones (excluding diaryl/α,β-unsaturated/α-hetero) is 1. The van der Waals surface area contributed by atoms with Crippen molar-refractivity contribution in [1.82, 2.24) is 19.9 Å². The molecule has 28 heavy (non-hydrogen) atoms. The van der Waals surface area contributed by atoms with Crippen LogP contribution < -0.4 is 5.73 Å². The molecule has 2 aromatic heterocycles. The van der Waals surface area contributed by atoms with Gasteiger partial charge in [-0.3, -0.25) is 4.79 Å². The van der Waals surface area contributed by atoms with Crippen LogP contribution in [0.5, 0.6) is 0 Å². The van der Waals surface area contributed by atoms with Gasteiger partial charge in [0.1, 0.15) is 34.4 Å². The van der Waals surface area contributed by atoms with E-state index in [2.05, 4.69) is 19.9 Å². The molecule has 0 aliphatic rings. The number of ketones is 1. The molecule has 3 rings (SSSR count). The molecular weight excluding hydrogens is 444 g/mol. The number of aromatic nitrogens is 4. The van der Waals surface area contributed by atoms with E-state index in [0.29, 0.717) is 18.4 Å². The molecule has 146 valence electrons. The summed E-state index contributed by atoms with van der Waals surface area (Å²) in [5, 5.41) is 0.867. The number of nitrogens with zero attached hydrogens (tertiary/aromatic N) is 4. The Labute approximate surface area is 182 Å². The number of halogens is 4. The summed E-state index contributed by atoms with van der Waals surface area (Å²) in [4.78, 5) is 26.7. The van der Waals surface area contributed by atoms with E-state index in [9.17, 15) is 4.79 Å². The van der Waals surface area contributed by atoms with Crippen LogP contribution in [-0.2, 0) is 17.6 Å². The molecule has 0 spiro atoms. The van der Waals surface area contributed by atoms with Crippen molar-refractivity contribution < 1.29 is 4.79 Å². The molecule has 0 unspecified atom stereocenters. The van der Waals surface area contributed by atoms with Crippen LogP contribution in [0.2, 0.25) is 20.6 Å². The minimum Gasteiger partial charge on any atom is -0.394 e. The molecule has 2 heterocycles. The molecular formula is C18H15Cl4N5O. The van der Waals surface area contributed by atoms with Crippen LogP contribution in [0.3, 0.4) is 0 Å². The highest BCUT2D eigenvalue weighted by Crippen LogP contribution is 2.21. The second kappa shape index (κ2) is 11.1. The normalized spacial score (nSPS) is 10.1.